The first-order chi connectivity index (χ1) is 12.8. The minimum Gasteiger partial charge on any atom is -0.453 e. The van der Waals surface area contributed by atoms with Crippen LogP contribution in [0.3, 0.4) is 0 Å². The van der Waals surface area contributed by atoms with Crippen molar-refractivity contribution in [2.45, 2.75) is 37.4 Å². The Morgan fingerprint density at radius 2 is 2.15 bits per heavy atom. The molecule has 1 N–H and O–H groups in total. The third-order valence-electron chi connectivity index (χ3n) is 4.80. The number of amides is 1. The Labute approximate surface area is 152 Å². The second kappa shape index (κ2) is 7.50. The number of alkyl halides is 3. The first-order valence-corrected chi connectivity index (χ1v) is 8.47. The predicted octanol–water partition coefficient (Wildman–Crippen LogP) is 3.54. The number of hydrogen-bond donors (Lipinski definition) is 1. The maximum Gasteiger partial charge on any atom is 0.416 e. The molecule has 9 heteroatoms. The lowest BCUT2D eigenvalue weighted by Gasteiger charge is -2.38. The van der Waals surface area contributed by atoms with Gasteiger partial charge in [-0.3, -0.25) is 4.79 Å². The number of nitrogens with zero attached hydrogens (tertiary/aromatic N) is 1. The number of halogens is 3. The fourth-order valence-electron chi connectivity index (χ4n) is 3.51. The lowest BCUT2D eigenvalue weighted by atomic mass is 9.86. The van der Waals surface area contributed by atoms with Crippen LogP contribution in [-0.4, -0.2) is 35.8 Å². The van der Waals surface area contributed by atoms with E-state index in [1.807, 2.05) is 0 Å². The van der Waals surface area contributed by atoms with Gasteiger partial charge in [-0.1, -0.05) is 18.2 Å². The molecule has 0 spiro atoms. The molecule has 146 valence electrons. The van der Waals surface area contributed by atoms with Crippen LogP contribution in [0, 0.1) is 0 Å². The van der Waals surface area contributed by atoms with Gasteiger partial charge >= 0.3 is 12.3 Å². The number of aromatic amines is 1. The van der Waals surface area contributed by atoms with Crippen LogP contribution in [0.1, 0.15) is 35.6 Å². The summed E-state index contributed by atoms with van der Waals surface area (Å²) in [7, 11) is 1.26. The molecule has 2 atom stereocenters. The highest BCUT2D eigenvalue weighted by atomic mass is 19.4. The Morgan fingerprint density at radius 3 is 2.78 bits per heavy atom. The molecule has 1 aliphatic rings. The highest BCUT2D eigenvalue weighted by Crippen LogP contribution is 2.34. The molecule has 1 saturated heterocycles. The zero-order chi connectivity index (χ0) is 19.6. The van der Waals surface area contributed by atoms with E-state index in [-0.39, 0.29) is 23.9 Å². The van der Waals surface area contributed by atoms with Gasteiger partial charge in [0.1, 0.15) is 5.76 Å². The summed E-state index contributed by atoms with van der Waals surface area (Å²) in [6, 6.07) is 6.05. The molecule has 1 aromatic heterocycles. The third kappa shape index (κ3) is 4.35. The van der Waals surface area contributed by atoms with Crippen molar-refractivity contribution in [3.63, 3.8) is 0 Å². The van der Waals surface area contributed by atoms with E-state index in [1.54, 1.807) is 6.07 Å². The Kier molecular flexibility index (Phi) is 5.29. The molecule has 1 aliphatic heterocycles. The second-order valence-electron chi connectivity index (χ2n) is 6.56. The van der Waals surface area contributed by atoms with Crippen molar-refractivity contribution in [1.82, 2.24) is 10.1 Å². The summed E-state index contributed by atoms with van der Waals surface area (Å²) in [6.07, 6.45) is -3.70. The molecule has 6 nitrogen and oxygen atoms in total. The normalized spacial score (nSPS) is 20.5. The molecule has 0 aliphatic carbocycles. The molecule has 27 heavy (non-hydrogen) atoms. The van der Waals surface area contributed by atoms with Crippen LogP contribution >= 0.6 is 0 Å². The summed E-state index contributed by atoms with van der Waals surface area (Å²) in [5.41, 5.74) is -0.608. The maximum atomic E-state index is 13.0. The first-order valence-electron chi connectivity index (χ1n) is 8.47. The van der Waals surface area contributed by atoms with Crippen molar-refractivity contribution in [3.8, 4) is 0 Å². The number of aromatic nitrogens is 1. The number of carbonyl (C=O) groups excluding carboxylic acids is 1. The largest absolute Gasteiger partial charge is 0.453 e. The molecule has 1 amide bonds. The number of carbonyl (C=O) groups is 1. The van der Waals surface area contributed by atoms with Crippen molar-refractivity contribution in [3.05, 3.63) is 57.6 Å². The summed E-state index contributed by atoms with van der Waals surface area (Å²) in [6.45, 7) is 0.357. The number of H-pyrrole nitrogens is 1. The monoisotopic (exact) mass is 384 g/mol. The van der Waals surface area contributed by atoms with Crippen LogP contribution in [-0.2, 0) is 17.3 Å². The van der Waals surface area contributed by atoms with Gasteiger partial charge in [0.2, 0.25) is 0 Å². The third-order valence-corrected chi connectivity index (χ3v) is 4.80. The van der Waals surface area contributed by atoms with E-state index < -0.39 is 17.8 Å². The smallest absolute Gasteiger partial charge is 0.416 e. The molecule has 1 aromatic carbocycles. The van der Waals surface area contributed by atoms with E-state index in [4.69, 9.17) is 9.26 Å². The Bertz CT molecular complexity index is 859. The predicted molar refractivity (Wildman–Crippen MR) is 89.4 cm³/mol. The molecule has 0 saturated carbocycles. The number of ether oxygens (including phenoxy) is 1. The van der Waals surface area contributed by atoms with Gasteiger partial charge in [-0.2, -0.15) is 18.3 Å². The molecular formula is C18H19F3N2O4. The van der Waals surface area contributed by atoms with E-state index in [2.05, 4.69) is 5.16 Å². The number of benzene rings is 1. The van der Waals surface area contributed by atoms with Gasteiger partial charge in [-0.05, 0) is 30.9 Å². The van der Waals surface area contributed by atoms with Gasteiger partial charge in [-0.25, -0.2) is 4.79 Å². The summed E-state index contributed by atoms with van der Waals surface area (Å²) < 4.78 is 48.9. The van der Waals surface area contributed by atoms with Gasteiger partial charge < -0.3 is 14.2 Å². The van der Waals surface area contributed by atoms with E-state index >= 15 is 0 Å². The standard InChI is InChI=1S/C18H19F3N2O4/c1-26-17(25)23-6-5-12(15-10-16(24)22-27-15)9-14(23)8-11-3-2-4-13(7-11)18(19,20)21/h2-4,7,10,12,14H,5-6,8-9H2,1H3,(H,22,24)/t12-,14+/m0/s1. The van der Waals surface area contributed by atoms with E-state index in [0.29, 0.717) is 30.7 Å². The number of rotatable bonds is 3. The zero-order valence-corrected chi connectivity index (χ0v) is 14.6. The molecule has 0 radical (unpaired) electrons. The highest BCUT2D eigenvalue weighted by Gasteiger charge is 2.35. The quantitative estimate of drug-likeness (QED) is 0.878. The summed E-state index contributed by atoms with van der Waals surface area (Å²) in [5, 5.41) is 2.24. The fourth-order valence-corrected chi connectivity index (χ4v) is 3.51. The van der Waals surface area contributed by atoms with Crippen molar-refractivity contribution >= 4 is 6.09 Å². The van der Waals surface area contributed by atoms with E-state index in [1.165, 1.54) is 24.1 Å². The summed E-state index contributed by atoms with van der Waals surface area (Å²) in [4.78, 5) is 24.9. The molecule has 1 fully saturated rings. The van der Waals surface area contributed by atoms with Crippen LogP contribution < -0.4 is 5.56 Å². The van der Waals surface area contributed by atoms with Crippen molar-refractivity contribution in [2.75, 3.05) is 13.7 Å². The molecule has 0 unspecified atom stereocenters. The van der Waals surface area contributed by atoms with Crippen LogP contribution in [0.2, 0.25) is 0 Å². The van der Waals surface area contributed by atoms with Crippen LogP contribution in [0.25, 0.3) is 0 Å². The summed E-state index contributed by atoms with van der Waals surface area (Å²) in [5.74, 6) is 0.374. The SMILES string of the molecule is COC(=O)N1CC[C@H](c2cc(=O)[nH]o2)C[C@H]1Cc1cccc(C(F)(F)F)c1. The Balaban J connectivity index is 1.83. The van der Waals surface area contributed by atoms with Gasteiger partial charge in [-0.15, -0.1) is 0 Å². The van der Waals surface area contributed by atoms with Crippen molar-refractivity contribution < 1.29 is 27.2 Å². The molecule has 2 aromatic rings. The molecule has 2 heterocycles. The minimum absolute atomic E-state index is 0.111. The molecule has 0 bridgehead atoms. The van der Waals surface area contributed by atoms with Gasteiger partial charge in [0.15, 0.2) is 0 Å². The molecule has 3 rings (SSSR count). The van der Waals surface area contributed by atoms with Crippen molar-refractivity contribution in [2.24, 2.45) is 0 Å². The van der Waals surface area contributed by atoms with Gasteiger partial charge in [0, 0.05) is 24.6 Å². The minimum atomic E-state index is -4.43. The Morgan fingerprint density at radius 1 is 1.37 bits per heavy atom. The zero-order valence-electron chi connectivity index (χ0n) is 14.6. The average Bonchev–Trinajstić information content (AvgIpc) is 3.07. The van der Waals surface area contributed by atoms with Crippen LogP contribution in [0.15, 0.2) is 39.6 Å². The number of likely N-dealkylation sites (tertiary alicyclic amines) is 1. The fraction of sp³-hybridized carbons (Fsp3) is 0.444. The average molecular weight is 384 g/mol. The lowest BCUT2D eigenvalue weighted by molar-refractivity contribution is -0.137. The van der Waals surface area contributed by atoms with E-state index in [9.17, 15) is 22.8 Å². The number of methoxy groups -OCH3 is 1. The maximum absolute atomic E-state index is 13.0. The number of nitrogens with one attached hydrogen (secondary N) is 1. The highest BCUT2D eigenvalue weighted by molar-refractivity contribution is 5.68. The second-order valence-corrected chi connectivity index (χ2v) is 6.56. The number of hydrogen-bond acceptors (Lipinski definition) is 4. The van der Waals surface area contributed by atoms with Crippen molar-refractivity contribution in [1.29, 1.82) is 0 Å². The van der Waals surface area contributed by atoms with Crippen LogP contribution in [0.4, 0.5) is 18.0 Å². The van der Waals surface area contributed by atoms with E-state index in [0.717, 1.165) is 12.1 Å². The van der Waals surface area contributed by atoms with Gasteiger partial charge in [0.05, 0.1) is 12.7 Å². The van der Waals surface area contributed by atoms with Gasteiger partial charge in [0.25, 0.3) is 5.56 Å². The van der Waals surface area contributed by atoms with Crippen LogP contribution in [0.5, 0.6) is 0 Å². The first kappa shape index (κ1) is 19.1. The Hall–Kier alpha value is -2.71. The summed E-state index contributed by atoms with van der Waals surface area (Å²) >= 11 is 0. The molecular weight excluding hydrogens is 365 g/mol. The lowest BCUT2D eigenvalue weighted by Crippen LogP contribution is -2.46. The topological polar surface area (TPSA) is 75.5 Å². The number of piperidine rings is 1.